The number of hydrogen-bond donors (Lipinski definition) is 2. The average Bonchev–Trinajstić information content (AvgIpc) is 2.08. The molecule has 0 bridgehead atoms. The maximum absolute atomic E-state index is 8.99. The van der Waals surface area contributed by atoms with E-state index in [9.17, 15) is 0 Å². The molecule has 0 aromatic carbocycles. The molecule has 2 N–H and O–H groups in total. The summed E-state index contributed by atoms with van der Waals surface area (Å²) in [4.78, 5) is 4.23. The summed E-state index contributed by atoms with van der Waals surface area (Å²) in [5.74, 6) is 0. The summed E-state index contributed by atoms with van der Waals surface area (Å²) in [6, 6.07) is 4.02. The lowest BCUT2D eigenvalue weighted by Crippen LogP contribution is -2.24. The highest BCUT2D eigenvalue weighted by atomic mass is 16.3. The summed E-state index contributed by atoms with van der Waals surface area (Å²) in [6.45, 7) is 5.09. The van der Waals surface area contributed by atoms with Gasteiger partial charge < -0.3 is 10.4 Å². The second kappa shape index (κ2) is 4.94. The number of aliphatic hydroxyl groups excluding tert-OH is 1. The first kappa shape index (κ1) is 10.2. The minimum absolute atomic E-state index is 0.301. The Morgan fingerprint density at radius 2 is 2.31 bits per heavy atom. The molecule has 1 heterocycles. The first-order valence-corrected chi connectivity index (χ1v) is 4.49. The van der Waals surface area contributed by atoms with E-state index in [0.29, 0.717) is 13.1 Å². The van der Waals surface area contributed by atoms with Crippen LogP contribution in [0.5, 0.6) is 0 Å². The maximum atomic E-state index is 8.99. The van der Waals surface area contributed by atoms with Crippen molar-refractivity contribution < 1.29 is 5.11 Å². The summed E-state index contributed by atoms with van der Waals surface area (Å²) in [5.41, 5.74) is 2.17. The number of nitrogens with zero attached hydrogens (tertiary/aromatic N) is 1. The van der Waals surface area contributed by atoms with Crippen LogP contribution in [0.25, 0.3) is 0 Å². The fourth-order valence-electron chi connectivity index (χ4n) is 1.01. The van der Waals surface area contributed by atoms with E-state index >= 15 is 0 Å². The fraction of sp³-hybridized carbons (Fsp3) is 0.500. The van der Waals surface area contributed by atoms with Gasteiger partial charge in [-0.3, -0.25) is 4.98 Å². The van der Waals surface area contributed by atoms with Gasteiger partial charge in [-0.2, -0.15) is 0 Å². The number of pyridine rings is 1. The topological polar surface area (TPSA) is 45.1 Å². The molecule has 3 nitrogen and oxygen atoms in total. The Bertz CT molecular complexity index is 244. The van der Waals surface area contributed by atoms with E-state index in [0.717, 1.165) is 5.69 Å². The van der Waals surface area contributed by atoms with Crippen LogP contribution in [-0.2, 0) is 6.54 Å². The number of hydrogen-bond acceptors (Lipinski definition) is 3. The summed E-state index contributed by atoms with van der Waals surface area (Å²) in [6.07, 6.45) is 1.55. The highest BCUT2D eigenvalue weighted by molar-refractivity contribution is 5.11. The van der Waals surface area contributed by atoms with Crippen molar-refractivity contribution in [2.24, 2.45) is 0 Å². The zero-order valence-corrected chi connectivity index (χ0v) is 8.12. The first-order valence-electron chi connectivity index (χ1n) is 4.49. The van der Waals surface area contributed by atoms with E-state index < -0.39 is 0 Å². The largest absolute Gasteiger partial charge is 0.392 e. The second-order valence-corrected chi connectivity index (χ2v) is 3.31. The van der Waals surface area contributed by atoms with Gasteiger partial charge in [0.25, 0.3) is 0 Å². The van der Waals surface area contributed by atoms with Gasteiger partial charge in [0.2, 0.25) is 0 Å². The Labute approximate surface area is 78.8 Å². The number of aryl methyl sites for hydroxylation is 1. The third kappa shape index (κ3) is 4.01. The van der Waals surface area contributed by atoms with Crippen molar-refractivity contribution >= 4 is 0 Å². The maximum Gasteiger partial charge on any atom is 0.0636 e. The summed E-state index contributed by atoms with van der Waals surface area (Å²) in [7, 11) is 0. The average molecular weight is 180 g/mol. The molecular formula is C10H16N2O. The van der Waals surface area contributed by atoms with Crippen molar-refractivity contribution in [3.05, 3.63) is 29.6 Å². The van der Waals surface area contributed by atoms with Gasteiger partial charge in [0, 0.05) is 19.3 Å². The molecule has 1 aromatic rings. The normalized spacial score (nSPS) is 12.8. The molecule has 0 aliphatic carbocycles. The second-order valence-electron chi connectivity index (χ2n) is 3.31. The zero-order chi connectivity index (χ0) is 9.68. The van der Waals surface area contributed by atoms with Crippen LogP contribution in [-0.4, -0.2) is 22.7 Å². The van der Waals surface area contributed by atoms with Crippen LogP contribution in [0.3, 0.4) is 0 Å². The van der Waals surface area contributed by atoms with Crippen LogP contribution >= 0.6 is 0 Å². The minimum atomic E-state index is -0.301. The van der Waals surface area contributed by atoms with Gasteiger partial charge in [-0.1, -0.05) is 6.07 Å². The van der Waals surface area contributed by atoms with E-state index in [4.69, 9.17) is 5.11 Å². The van der Waals surface area contributed by atoms with Crippen molar-refractivity contribution in [1.29, 1.82) is 0 Å². The van der Waals surface area contributed by atoms with Crippen molar-refractivity contribution in [2.75, 3.05) is 6.54 Å². The highest BCUT2D eigenvalue weighted by Crippen LogP contribution is 1.97. The molecule has 0 aliphatic heterocycles. The molecule has 1 atom stereocenters. The molecule has 1 rings (SSSR count). The van der Waals surface area contributed by atoms with E-state index in [-0.39, 0.29) is 6.10 Å². The highest BCUT2D eigenvalue weighted by Gasteiger charge is 1.96. The van der Waals surface area contributed by atoms with Crippen LogP contribution in [0, 0.1) is 6.92 Å². The van der Waals surface area contributed by atoms with Crippen molar-refractivity contribution in [1.82, 2.24) is 10.3 Å². The van der Waals surface area contributed by atoms with Gasteiger partial charge >= 0.3 is 0 Å². The molecule has 1 aromatic heterocycles. The summed E-state index contributed by atoms with van der Waals surface area (Å²) < 4.78 is 0. The molecule has 0 fully saturated rings. The van der Waals surface area contributed by atoms with Crippen LogP contribution in [0.15, 0.2) is 18.3 Å². The quantitative estimate of drug-likeness (QED) is 0.722. The Morgan fingerprint density at radius 3 is 2.85 bits per heavy atom. The third-order valence-corrected chi connectivity index (χ3v) is 1.72. The van der Waals surface area contributed by atoms with Gasteiger partial charge in [0.05, 0.1) is 11.8 Å². The molecule has 0 saturated carbocycles. The predicted molar refractivity (Wildman–Crippen MR) is 52.4 cm³/mol. The van der Waals surface area contributed by atoms with Crippen molar-refractivity contribution in [3.8, 4) is 0 Å². The molecule has 0 saturated heterocycles. The minimum Gasteiger partial charge on any atom is -0.392 e. The van der Waals surface area contributed by atoms with Crippen LogP contribution in [0.4, 0.5) is 0 Å². The molecule has 0 aliphatic rings. The third-order valence-electron chi connectivity index (χ3n) is 1.72. The van der Waals surface area contributed by atoms with Crippen molar-refractivity contribution in [2.45, 2.75) is 26.5 Å². The van der Waals surface area contributed by atoms with Crippen LogP contribution in [0.1, 0.15) is 18.2 Å². The number of nitrogens with one attached hydrogen (secondary N) is 1. The van der Waals surface area contributed by atoms with Crippen LogP contribution < -0.4 is 5.32 Å². The SMILES string of the molecule is Cc1ccc(CNC[C@H](C)O)nc1. The Morgan fingerprint density at radius 1 is 1.54 bits per heavy atom. The molecular weight excluding hydrogens is 164 g/mol. The number of aliphatic hydroxyl groups is 1. The lowest BCUT2D eigenvalue weighted by molar-refractivity contribution is 0.191. The molecule has 13 heavy (non-hydrogen) atoms. The molecule has 0 radical (unpaired) electrons. The van der Waals surface area contributed by atoms with Gasteiger partial charge in [0.1, 0.15) is 0 Å². The Kier molecular flexibility index (Phi) is 3.86. The van der Waals surface area contributed by atoms with Gasteiger partial charge in [-0.15, -0.1) is 0 Å². The van der Waals surface area contributed by atoms with E-state index in [1.807, 2.05) is 25.3 Å². The monoisotopic (exact) mass is 180 g/mol. The van der Waals surface area contributed by atoms with Crippen molar-refractivity contribution in [3.63, 3.8) is 0 Å². The Balaban J connectivity index is 2.33. The number of aromatic nitrogens is 1. The first-order chi connectivity index (χ1) is 6.18. The molecule has 0 amide bonds. The smallest absolute Gasteiger partial charge is 0.0636 e. The van der Waals surface area contributed by atoms with Gasteiger partial charge in [0.15, 0.2) is 0 Å². The fourth-order valence-corrected chi connectivity index (χ4v) is 1.01. The number of rotatable bonds is 4. The molecule has 0 unspecified atom stereocenters. The zero-order valence-electron chi connectivity index (χ0n) is 8.12. The lowest BCUT2D eigenvalue weighted by Gasteiger charge is -2.06. The summed E-state index contributed by atoms with van der Waals surface area (Å²) >= 11 is 0. The summed E-state index contributed by atoms with van der Waals surface area (Å²) in [5, 5.41) is 12.1. The predicted octanol–water partition coefficient (Wildman–Crippen LogP) is 0.860. The van der Waals surface area contributed by atoms with E-state index in [2.05, 4.69) is 10.3 Å². The standard InChI is InChI=1S/C10H16N2O/c1-8-3-4-10(12-5-8)7-11-6-9(2)13/h3-5,9,11,13H,6-7H2,1-2H3/t9-/m0/s1. The van der Waals surface area contributed by atoms with Gasteiger partial charge in [-0.05, 0) is 25.5 Å². The van der Waals surface area contributed by atoms with E-state index in [1.54, 1.807) is 6.92 Å². The molecule has 3 heteroatoms. The molecule has 72 valence electrons. The van der Waals surface area contributed by atoms with Gasteiger partial charge in [-0.25, -0.2) is 0 Å². The Hall–Kier alpha value is -0.930. The molecule has 0 spiro atoms. The lowest BCUT2D eigenvalue weighted by atomic mass is 10.3. The van der Waals surface area contributed by atoms with Crippen LogP contribution in [0.2, 0.25) is 0 Å². The van der Waals surface area contributed by atoms with E-state index in [1.165, 1.54) is 5.56 Å².